The fourth-order valence-electron chi connectivity index (χ4n) is 2.39. The molecule has 0 bridgehead atoms. The Balaban J connectivity index is 1.64. The lowest BCUT2D eigenvalue weighted by Gasteiger charge is -2.09. The molecule has 0 aliphatic heterocycles. The average Bonchev–Trinajstić information content (AvgIpc) is 2.68. The van der Waals surface area contributed by atoms with Crippen molar-refractivity contribution in [2.45, 2.75) is 19.9 Å². The molecular formula is C20H20N4O. The van der Waals surface area contributed by atoms with Gasteiger partial charge in [0.15, 0.2) is 0 Å². The third-order valence-corrected chi connectivity index (χ3v) is 3.84. The molecule has 0 radical (unpaired) electrons. The van der Waals surface area contributed by atoms with Gasteiger partial charge in [-0.2, -0.15) is 0 Å². The van der Waals surface area contributed by atoms with E-state index in [0.29, 0.717) is 12.1 Å². The lowest BCUT2D eigenvalue weighted by molar-refractivity contribution is 0.102. The summed E-state index contributed by atoms with van der Waals surface area (Å²) >= 11 is 0. The molecule has 3 aromatic rings. The molecule has 1 aromatic carbocycles. The summed E-state index contributed by atoms with van der Waals surface area (Å²) in [7, 11) is 0. The van der Waals surface area contributed by atoms with Crippen LogP contribution in [-0.4, -0.2) is 15.9 Å². The molecular weight excluding hydrogens is 312 g/mol. The SMILES string of the molecule is CCc1ccc(NC(=O)c2cncc(NCc3cccnc3)c2)cc1. The third-order valence-electron chi connectivity index (χ3n) is 3.84. The van der Waals surface area contributed by atoms with E-state index in [1.165, 1.54) is 5.56 Å². The summed E-state index contributed by atoms with van der Waals surface area (Å²) in [4.78, 5) is 20.6. The number of pyridine rings is 2. The molecule has 0 atom stereocenters. The van der Waals surface area contributed by atoms with Gasteiger partial charge in [-0.05, 0) is 41.8 Å². The molecule has 0 unspecified atom stereocenters. The Morgan fingerprint density at radius 1 is 0.960 bits per heavy atom. The van der Waals surface area contributed by atoms with Gasteiger partial charge in [0.2, 0.25) is 0 Å². The van der Waals surface area contributed by atoms with Crippen molar-refractivity contribution >= 4 is 17.3 Å². The van der Waals surface area contributed by atoms with Crippen molar-refractivity contribution in [1.82, 2.24) is 9.97 Å². The van der Waals surface area contributed by atoms with Crippen LogP contribution >= 0.6 is 0 Å². The number of nitrogens with zero attached hydrogens (tertiary/aromatic N) is 2. The topological polar surface area (TPSA) is 66.9 Å². The summed E-state index contributed by atoms with van der Waals surface area (Å²) < 4.78 is 0. The molecule has 126 valence electrons. The second-order valence-electron chi connectivity index (χ2n) is 5.68. The van der Waals surface area contributed by atoms with E-state index >= 15 is 0 Å². The van der Waals surface area contributed by atoms with Crippen LogP contribution in [0.5, 0.6) is 0 Å². The normalized spacial score (nSPS) is 10.3. The zero-order valence-corrected chi connectivity index (χ0v) is 14.1. The molecule has 0 spiro atoms. The summed E-state index contributed by atoms with van der Waals surface area (Å²) in [5.41, 5.74) is 4.37. The van der Waals surface area contributed by atoms with Gasteiger partial charge in [-0.15, -0.1) is 0 Å². The minimum absolute atomic E-state index is 0.179. The van der Waals surface area contributed by atoms with E-state index in [1.54, 1.807) is 30.9 Å². The Hall–Kier alpha value is -3.21. The summed E-state index contributed by atoms with van der Waals surface area (Å²) in [6.07, 6.45) is 7.77. The smallest absolute Gasteiger partial charge is 0.257 e. The summed E-state index contributed by atoms with van der Waals surface area (Å²) in [5.74, 6) is -0.179. The molecule has 25 heavy (non-hydrogen) atoms. The Morgan fingerprint density at radius 2 is 1.80 bits per heavy atom. The van der Waals surface area contributed by atoms with Gasteiger partial charge in [-0.1, -0.05) is 25.1 Å². The van der Waals surface area contributed by atoms with Crippen LogP contribution in [0.4, 0.5) is 11.4 Å². The van der Waals surface area contributed by atoms with Gasteiger partial charge in [0.05, 0.1) is 11.3 Å². The summed E-state index contributed by atoms with van der Waals surface area (Å²) in [6.45, 7) is 2.72. The third kappa shape index (κ3) is 4.64. The number of aromatic nitrogens is 2. The second kappa shape index (κ2) is 8.06. The van der Waals surface area contributed by atoms with Gasteiger partial charge in [-0.25, -0.2) is 0 Å². The lowest BCUT2D eigenvalue weighted by Crippen LogP contribution is -2.12. The first-order chi connectivity index (χ1) is 12.2. The van der Waals surface area contributed by atoms with Crippen molar-refractivity contribution in [3.8, 4) is 0 Å². The maximum atomic E-state index is 12.4. The zero-order valence-electron chi connectivity index (χ0n) is 14.1. The first kappa shape index (κ1) is 16.6. The van der Waals surface area contributed by atoms with Crippen LogP contribution < -0.4 is 10.6 Å². The monoisotopic (exact) mass is 332 g/mol. The highest BCUT2D eigenvalue weighted by atomic mass is 16.1. The minimum Gasteiger partial charge on any atom is -0.380 e. The first-order valence-corrected chi connectivity index (χ1v) is 8.22. The van der Waals surface area contributed by atoms with Crippen LogP contribution in [0.1, 0.15) is 28.4 Å². The highest BCUT2D eigenvalue weighted by Crippen LogP contribution is 2.14. The lowest BCUT2D eigenvalue weighted by atomic mass is 10.1. The molecule has 0 fully saturated rings. The van der Waals surface area contributed by atoms with Crippen LogP contribution in [0.3, 0.4) is 0 Å². The van der Waals surface area contributed by atoms with E-state index in [1.807, 2.05) is 36.4 Å². The molecule has 0 aliphatic carbocycles. The van der Waals surface area contributed by atoms with E-state index < -0.39 is 0 Å². The molecule has 2 heterocycles. The van der Waals surface area contributed by atoms with E-state index in [2.05, 4.69) is 27.5 Å². The van der Waals surface area contributed by atoms with Crippen LogP contribution in [0.15, 0.2) is 67.3 Å². The molecule has 3 rings (SSSR count). The highest BCUT2D eigenvalue weighted by molar-refractivity contribution is 6.04. The quantitative estimate of drug-likeness (QED) is 0.718. The van der Waals surface area contributed by atoms with Gasteiger partial charge in [-0.3, -0.25) is 14.8 Å². The Kier molecular flexibility index (Phi) is 5.36. The van der Waals surface area contributed by atoms with Crippen LogP contribution in [0.2, 0.25) is 0 Å². The molecule has 2 aromatic heterocycles. The van der Waals surface area contributed by atoms with Gasteiger partial charge in [0, 0.05) is 37.0 Å². The van der Waals surface area contributed by atoms with Gasteiger partial charge < -0.3 is 10.6 Å². The Labute approximate surface area is 147 Å². The van der Waals surface area contributed by atoms with Crippen molar-refractivity contribution in [2.75, 3.05) is 10.6 Å². The molecule has 0 saturated carbocycles. The van der Waals surface area contributed by atoms with E-state index in [-0.39, 0.29) is 5.91 Å². The summed E-state index contributed by atoms with van der Waals surface area (Å²) in [5, 5.41) is 6.15. The van der Waals surface area contributed by atoms with E-state index in [9.17, 15) is 4.79 Å². The van der Waals surface area contributed by atoms with Gasteiger partial charge in [0.1, 0.15) is 0 Å². The first-order valence-electron chi connectivity index (χ1n) is 8.22. The number of amides is 1. The number of hydrogen-bond acceptors (Lipinski definition) is 4. The number of anilines is 2. The van der Waals surface area contributed by atoms with Crippen molar-refractivity contribution in [2.24, 2.45) is 0 Å². The molecule has 5 nitrogen and oxygen atoms in total. The number of benzene rings is 1. The standard InChI is InChI=1S/C20H20N4O/c1-2-15-5-7-18(8-6-15)24-20(25)17-10-19(14-22-13-17)23-12-16-4-3-9-21-11-16/h3-11,13-14,23H,2,12H2,1H3,(H,24,25). The number of carbonyl (C=O) groups is 1. The van der Waals surface area contributed by atoms with Crippen molar-refractivity contribution < 1.29 is 4.79 Å². The van der Waals surface area contributed by atoms with E-state index in [0.717, 1.165) is 23.4 Å². The van der Waals surface area contributed by atoms with Crippen LogP contribution in [0, 0.1) is 0 Å². The predicted octanol–water partition coefficient (Wildman–Crippen LogP) is 3.90. The number of aryl methyl sites for hydroxylation is 1. The molecule has 5 heteroatoms. The van der Waals surface area contributed by atoms with Crippen molar-refractivity contribution in [1.29, 1.82) is 0 Å². The Morgan fingerprint density at radius 3 is 2.52 bits per heavy atom. The maximum absolute atomic E-state index is 12.4. The van der Waals surface area contributed by atoms with Crippen LogP contribution in [-0.2, 0) is 13.0 Å². The van der Waals surface area contributed by atoms with E-state index in [4.69, 9.17) is 0 Å². The highest BCUT2D eigenvalue weighted by Gasteiger charge is 2.08. The van der Waals surface area contributed by atoms with Crippen LogP contribution in [0.25, 0.3) is 0 Å². The summed E-state index contributed by atoms with van der Waals surface area (Å²) in [6, 6.07) is 13.5. The van der Waals surface area contributed by atoms with Gasteiger partial charge in [0.25, 0.3) is 5.91 Å². The molecule has 0 saturated heterocycles. The van der Waals surface area contributed by atoms with Crippen molar-refractivity contribution in [3.05, 3.63) is 83.9 Å². The molecule has 1 amide bonds. The van der Waals surface area contributed by atoms with Crippen molar-refractivity contribution in [3.63, 3.8) is 0 Å². The number of carbonyl (C=O) groups excluding carboxylic acids is 1. The largest absolute Gasteiger partial charge is 0.380 e. The number of rotatable bonds is 6. The Bertz CT molecular complexity index is 832. The fraction of sp³-hybridized carbons (Fsp3) is 0.150. The maximum Gasteiger partial charge on any atom is 0.257 e. The minimum atomic E-state index is -0.179. The van der Waals surface area contributed by atoms with Gasteiger partial charge >= 0.3 is 0 Å². The predicted molar refractivity (Wildman–Crippen MR) is 99.6 cm³/mol. The molecule has 0 aliphatic rings. The number of nitrogens with one attached hydrogen (secondary N) is 2. The fourth-order valence-corrected chi connectivity index (χ4v) is 2.39. The molecule has 2 N–H and O–H groups in total. The zero-order chi connectivity index (χ0) is 17.5. The second-order valence-corrected chi connectivity index (χ2v) is 5.68. The average molecular weight is 332 g/mol. The number of hydrogen-bond donors (Lipinski definition) is 2.